The molecule has 31 heavy (non-hydrogen) atoms. The fraction of sp³-hybridized carbons (Fsp3) is 0.240. The molecule has 1 aliphatic heterocycles. The first-order valence-corrected chi connectivity index (χ1v) is 10.3. The number of anilines is 2. The minimum absolute atomic E-state index is 0.0239. The molecule has 0 saturated heterocycles. The standard InChI is InChI=1S/C25H25F2N3O/c1-25(2)15-28-14-17-11-20(8-9-22(17)25)30-24(31)21-12-19(27)7-10-23(21)29-13-16-3-5-18(26)6-4-16/h3-12,28-29H,13-15H2,1-2H3,(H,30,31). The molecule has 0 spiro atoms. The van der Waals surface area contributed by atoms with E-state index in [1.54, 1.807) is 12.1 Å². The minimum Gasteiger partial charge on any atom is -0.380 e. The number of fused-ring (bicyclic) bond motifs is 1. The van der Waals surface area contributed by atoms with Crippen molar-refractivity contribution in [1.29, 1.82) is 0 Å². The highest BCUT2D eigenvalue weighted by Crippen LogP contribution is 2.31. The van der Waals surface area contributed by atoms with Gasteiger partial charge < -0.3 is 16.0 Å². The molecule has 0 aliphatic carbocycles. The van der Waals surface area contributed by atoms with Crippen LogP contribution < -0.4 is 16.0 Å². The molecular formula is C25H25F2N3O. The van der Waals surface area contributed by atoms with Crippen LogP contribution in [0.15, 0.2) is 60.7 Å². The Kier molecular flexibility index (Phi) is 5.74. The van der Waals surface area contributed by atoms with E-state index < -0.39 is 11.7 Å². The summed E-state index contributed by atoms with van der Waals surface area (Å²) in [4.78, 5) is 13.0. The number of hydrogen-bond acceptors (Lipinski definition) is 3. The Morgan fingerprint density at radius 1 is 1.00 bits per heavy atom. The van der Waals surface area contributed by atoms with E-state index in [0.29, 0.717) is 17.9 Å². The SMILES string of the molecule is CC1(C)CNCc2cc(NC(=O)c3cc(F)ccc3NCc3ccc(F)cc3)ccc21. The molecule has 0 aromatic heterocycles. The third-order valence-corrected chi connectivity index (χ3v) is 5.60. The summed E-state index contributed by atoms with van der Waals surface area (Å²) < 4.78 is 27.0. The lowest BCUT2D eigenvalue weighted by Gasteiger charge is -2.33. The molecule has 4 nitrogen and oxygen atoms in total. The van der Waals surface area contributed by atoms with Crippen LogP contribution in [0.5, 0.6) is 0 Å². The fourth-order valence-corrected chi connectivity index (χ4v) is 3.94. The molecule has 0 unspecified atom stereocenters. The van der Waals surface area contributed by atoms with Crippen LogP contribution in [0.4, 0.5) is 20.2 Å². The van der Waals surface area contributed by atoms with Gasteiger partial charge in [0.1, 0.15) is 11.6 Å². The van der Waals surface area contributed by atoms with Gasteiger partial charge in [-0.25, -0.2) is 8.78 Å². The van der Waals surface area contributed by atoms with Gasteiger partial charge in [-0.3, -0.25) is 4.79 Å². The van der Waals surface area contributed by atoms with Crippen molar-refractivity contribution >= 4 is 17.3 Å². The topological polar surface area (TPSA) is 53.2 Å². The lowest BCUT2D eigenvalue weighted by atomic mass is 9.79. The van der Waals surface area contributed by atoms with Gasteiger partial charge in [-0.05, 0) is 59.2 Å². The van der Waals surface area contributed by atoms with Crippen LogP contribution in [-0.2, 0) is 18.5 Å². The summed E-state index contributed by atoms with van der Waals surface area (Å²) in [6, 6.07) is 16.0. The highest BCUT2D eigenvalue weighted by atomic mass is 19.1. The molecule has 4 rings (SSSR count). The summed E-state index contributed by atoms with van der Waals surface area (Å²) >= 11 is 0. The molecule has 0 fully saturated rings. The van der Waals surface area contributed by atoms with Crippen molar-refractivity contribution in [2.45, 2.75) is 32.4 Å². The maximum atomic E-state index is 13.9. The fourth-order valence-electron chi connectivity index (χ4n) is 3.94. The average molecular weight is 421 g/mol. The maximum Gasteiger partial charge on any atom is 0.257 e. The Hall–Kier alpha value is -3.25. The van der Waals surface area contributed by atoms with E-state index in [0.717, 1.165) is 24.2 Å². The zero-order valence-corrected chi connectivity index (χ0v) is 17.6. The lowest BCUT2D eigenvalue weighted by molar-refractivity contribution is 0.102. The zero-order chi connectivity index (χ0) is 22.0. The molecule has 0 bridgehead atoms. The van der Waals surface area contributed by atoms with Crippen LogP contribution in [0.3, 0.4) is 0 Å². The number of hydrogen-bond donors (Lipinski definition) is 3. The maximum absolute atomic E-state index is 13.9. The van der Waals surface area contributed by atoms with Crippen molar-refractivity contribution in [3.63, 3.8) is 0 Å². The number of rotatable bonds is 5. The third-order valence-electron chi connectivity index (χ3n) is 5.60. The van der Waals surface area contributed by atoms with E-state index in [1.807, 2.05) is 18.2 Å². The van der Waals surface area contributed by atoms with Crippen molar-refractivity contribution in [2.75, 3.05) is 17.2 Å². The molecule has 3 aromatic rings. The number of nitrogens with one attached hydrogen (secondary N) is 3. The van der Waals surface area contributed by atoms with Gasteiger partial charge in [0.15, 0.2) is 0 Å². The second kappa shape index (κ2) is 8.47. The number of amides is 1. The monoisotopic (exact) mass is 421 g/mol. The second-order valence-electron chi connectivity index (χ2n) is 8.48. The number of carbonyl (C=O) groups excluding carboxylic acids is 1. The Balaban J connectivity index is 1.53. The van der Waals surface area contributed by atoms with Gasteiger partial charge in [0, 0.05) is 36.4 Å². The van der Waals surface area contributed by atoms with Crippen LogP contribution in [-0.4, -0.2) is 12.5 Å². The van der Waals surface area contributed by atoms with E-state index in [9.17, 15) is 13.6 Å². The predicted octanol–water partition coefficient (Wildman–Crippen LogP) is 5.21. The third kappa shape index (κ3) is 4.75. The van der Waals surface area contributed by atoms with Crippen LogP contribution in [0.2, 0.25) is 0 Å². The van der Waals surface area contributed by atoms with E-state index in [-0.39, 0.29) is 16.8 Å². The van der Waals surface area contributed by atoms with Gasteiger partial charge in [-0.15, -0.1) is 0 Å². The molecular weight excluding hydrogens is 396 g/mol. The van der Waals surface area contributed by atoms with Crippen molar-refractivity contribution < 1.29 is 13.6 Å². The van der Waals surface area contributed by atoms with Crippen molar-refractivity contribution in [2.24, 2.45) is 0 Å². The zero-order valence-electron chi connectivity index (χ0n) is 17.6. The van der Waals surface area contributed by atoms with Gasteiger partial charge in [0.05, 0.1) is 5.56 Å². The number of benzene rings is 3. The van der Waals surface area contributed by atoms with Crippen molar-refractivity contribution in [3.8, 4) is 0 Å². The second-order valence-corrected chi connectivity index (χ2v) is 8.48. The van der Waals surface area contributed by atoms with Crippen LogP contribution in [0.1, 0.15) is 40.9 Å². The van der Waals surface area contributed by atoms with Crippen LogP contribution in [0.25, 0.3) is 0 Å². The van der Waals surface area contributed by atoms with E-state index >= 15 is 0 Å². The molecule has 1 heterocycles. The Morgan fingerprint density at radius 2 is 1.74 bits per heavy atom. The van der Waals surface area contributed by atoms with Gasteiger partial charge in [-0.2, -0.15) is 0 Å². The van der Waals surface area contributed by atoms with Gasteiger partial charge >= 0.3 is 0 Å². The molecule has 3 N–H and O–H groups in total. The van der Waals surface area contributed by atoms with E-state index in [1.165, 1.54) is 35.9 Å². The largest absolute Gasteiger partial charge is 0.380 e. The van der Waals surface area contributed by atoms with Crippen molar-refractivity contribution in [1.82, 2.24) is 5.32 Å². The first kappa shape index (κ1) is 21.0. The summed E-state index contributed by atoms with van der Waals surface area (Å²) in [6.07, 6.45) is 0. The predicted molar refractivity (Wildman–Crippen MR) is 119 cm³/mol. The molecule has 160 valence electrons. The van der Waals surface area contributed by atoms with E-state index in [4.69, 9.17) is 0 Å². The van der Waals surface area contributed by atoms with Gasteiger partial charge in [-0.1, -0.05) is 32.0 Å². The highest BCUT2D eigenvalue weighted by molar-refractivity contribution is 6.08. The summed E-state index contributed by atoms with van der Waals surface area (Å²) in [6.45, 7) is 6.39. The Bertz CT molecular complexity index is 1110. The highest BCUT2D eigenvalue weighted by Gasteiger charge is 2.27. The quantitative estimate of drug-likeness (QED) is 0.530. The summed E-state index contributed by atoms with van der Waals surface area (Å²) in [7, 11) is 0. The molecule has 0 radical (unpaired) electrons. The summed E-state index contributed by atoms with van der Waals surface area (Å²) in [5, 5.41) is 9.43. The molecule has 3 aromatic carbocycles. The molecule has 1 aliphatic rings. The lowest BCUT2D eigenvalue weighted by Crippen LogP contribution is -2.38. The Labute approximate surface area is 180 Å². The van der Waals surface area contributed by atoms with Gasteiger partial charge in [0.25, 0.3) is 5.91 Å². The first-order chi connectivity index (χ1) is 14.8. The average Bonchev–Trinajstić information content (AvgIpc) is 2.73. The van der Waals surface area contributed by atoms with Crippen LogP contribution in [0, 0.1) is 11.6 Å². The first-order valence-electron chi connectivity index (χ1n) is 10.3. The summed E-state index contributed by atoms with van der Waals surface area (Å²) in [5.74, 6) is -1.20. The molecule has 6 heteroatoms. The summed E-state index contributed by atoms with van der Waals surface area (Å²) in [5.41, 5.74) is 4.65. The molecule has 0 saturated carbocycles. The molecule has 1 amide bonds. The van der Waals surface area contributed by atoms with Gasteiger partial charge in [0.2, 0.25) is 0 Å². The van der Waals surface area contributed by atoms with E-state index in [2.05, 4.69) is 29.8 Å². The normalized spacial score (nSPS) is 14.6. The number of carbonyl (C=O) groups is 1. The van der Waals surface area contributed by atoms with Crippen LogP contribution >= 0.6 is 0 Å². The molecule has 0 atom stereocenters. The smallest absolute Gasteiger partial charge is 0.257 e. The number of halogens is 2. The van der Waals surface area contributed by atoms with Crippen molar-refractivity contribution in [3.05, 3.63) is 94.6 Å². The Morgan fingerprint density at radius 3 is 2.52 bits per heavy atom. The minimum atomic E-state index is -0.492.